The van der Waals surface area contributed by atoms with E-state index in [1.165, 1.54) is 4.90 Å². The zero-order valence-electron chi connectivity index (χ0n) is 10.7. The molecule has 0 aliphatic heterocycles. The fourth-order valence-electron chi connectivity index (χ4n) is 1.77. The topological polar surface area (TPSA) is 95.4 Å². The SMILES string of the molecule is Cc1nccc(CNC(=O)N(CC(=O)O)C2CC2)n1. The molecular weight excluding hydrogens is 248 g/mol. The lowest BCUT2D eigenvalue weighted by atomic mass is 10.4. The summed E-state index contributed by atoms with van der Waals surface area (Å²) in [5.74, 6) is -0.365. The largest absolute Gasteiger partial charge is 0.480 e. The molecule has 0 unspecified atom stereocenters. The highest BCUT2D eigenvalue weighted by Crippen LogP contribution is 2.26. The predicted octanol–water partition coefficient (Wildman–Crippen LogP) is 0.544. The summed E-state index contributed by atoms with van der Waals surface area (Å²) >= 11 is 0. The molecule has 0 atom stereocenters. The van der Waals surface area contributed by atoms with E-state index >= 15 is 0 Å². The van der Waals surface area contributed by atoms with E-state index in [1.807, 2.05) is 0 Å². The van der Waals surface area contributed by atoms with Crippen molar-refractivity contribution in [2.24, 2.45) is 0 Å². The van der Waals surface area contributed by atoms with Gasteiger partial charge in [-0.2, -0.15) is 0 Å². The van der Waals surface area contributed by atoms with Crippen LogP contribution >= 0.6 is 0 Å². The summed E-state index contributed by atoms with van der Waals surface area (Å²) in [4.78, 5) is 32.1. The van der Waals surface area contributed by atoms with Gasteiger partial charge in [0, 0.05) is 12.2 Å². The maximum atomic E-state index is 11.9. The van der Waals surface area contributed by atoms with Crippen LogP contribution in [0.5, 0.6) is 0 Å². The first-order chi connectivity index (χ1) is 9.06. The van der Waals surface area contributed by atoms with Gasteiger partial charge < -0.3 is 15.3 Å². The number of carboxylic acids is 1. The maximum Gasteiger partial charge on any atom is 0.323 e. The van der Waals surface area contributed by atoms with Crippen molar-refractivity contribution in [1.82, 2.24) is 20.2 Å². The summed E-state index contributed by atoms with van der Waals surface area (Å²) in [6, 6.07) is 1.41. The van der Waals surface area contributed by atoms with E-state index in [0.717, 1.165) is 12.8 Å². The van der Waals surface area contributed by atoms with Crippen LogP contribution < -0.4 is 5.32 Å². The van der Waals surface area contributed by atoms with Crippen molar-refractivity contribution >= 4 is 12.0 Å². The van der Waals surface area contributed by atoms with Crippen LogP contribution in [0.1, 0.15) is 24.4 Å². The smallest absolute Gasteiger partial charge is 0.323 e. The summed E-state index contributed by atoms with van der Waals surface area (Å²) in [7, 11) is 0. The number of carbonyl (C=O) groups is 2. The molecule has 1 aliphatic rings. The van der Waals surface area contributed by atoms with Crippen molar-refractivity contribution in [3.05, 3.63) is 23.8 Å². The van der Waals surface area contributed by atoms with E-state index in [4.69, 9.17) is 5.11 Å². The number of amides is 2. The van der Waals surface area contributed by atoms with Gasteiger partial charge in [-0.3, -0.25) is 4.79 Å². The zero-order chi connectivity index (χ0) is 13.8. The molecule has 2 N–H and O–H groups in total. The molecule has 1 fully saturated rings. The molecule has 2 rings (SSSR count). The highest BCUT2D eigenvalue weighted by atomic mass is 16.4. The lowest BCUT2D eigenvalue weighted by molar-refractivity contribution is -0.137. The number of hydrogen-bond acceptors (Lipinski definition) is 4. The van der Waals surface area contributed by atoms with Crippen LogP contribution in [-0.2, 0) is 11.3 Å². The quantitative estimate of drug-likeness (QED) is 0.809. The standard InChI is InChI=1S/C12H16N4O3/c1-8-13-5-4-9(15-8)6-14-12(19)16(7-11(17)18)10-2-3-10/h4-5,10H,2-3,6-7H2,1H3,(H,14,19)(H,17,18). The van der Waals surface area contributed by atoms with Crippen molar-refractivity contribution < 1.29 is 14.7 Å². The van der Waals surface area contributed by atoms with E-state index in [-0.39, 0.29) is 25.2 Å². The first-order valence-electron chi connectivity index (χ1n) is 6.11. The fraction of sp³-hybridized carbons (Fsp3) is 0.500. The average Bonchev–Trinajstić information content (AvgIpc) is 3.17. The van der Waals surface area contributed by atoms with Crippen molar-refractivity contribution in [2.75, 3.05) is 6.54 Å². The molecule has 1 aromatic rings. The molecule has 1 heterocycles. The Hall–Kier alpha value is -2.18. The monoisotopic (exact) mass is 264 g/mol. The van der Waals surface area contributed by atoms with Gasteiger partial charge in [0.1, 0.15) is 12.4 Å². The summed E-state index contributed by atoms with van der Waals surface area (Å²) in [5, 5.41) is 11.5. The third-order valence-electron chi connectivity index (χ3n) is 2.81. The number of carbonyl (C=O) groups excluding carboxylic acids is 1. The van der Waals surface area contributed by atoms with Gasteiger partial charge in [0.25, 0.3) is 0 Å². The summed E-state index contributed by atoms with van der Waals surface area (Å²) < 4.78 is 0. The fourth-order valence-corrected chi connectivity index (χ4v) is 1.77. The molecule has 7 heteroatoms. The van der Waals surface area contributed by atoms with Gasteiger partial charge in [0.05, 0.1) is 12.2 Å². The Morgan fingerprint density at radius 1 is 1.53 bits per heavy atom. The Morgan fingerprint density at radius 2 is 2.26 bits per heavy atom. The second kappa shape index (κ2) is 5.64. The first kappa shape index (κ1) is 13.3. The number of aryl methyl sites for hydroxylation is 1. The molecule has 102 valence electrons. The Bertz CT molecular complexity index is 488. The van der Waals surface area contributed by atoms with E-state index in [9.17, 15) is 9.59 Å². The second-order valence-electron chi connectivity index (χ2n) is 4.51. The van der Waals surface area contributed by atoms with Crippen molar-refractivity contribution in [3.8, 4) is 0 Å². The van der Waals surface area contributed by atoms with Crippen molar-refractivity contribution in [1.29, 1.82) is 0 Å². The lowest BCUT2D eigenvalue weighted by Crippen LogP contribution is -2.43. The molecule has 1 saturated carbocycles. The van der Waals surface area contributed by atoms with Gasteiger partial charge >= 0.3 is 12.0 Å². The molecule has 0 radical (unpaired) electrons. The number of nitrogens with one attached hydrogen (secondary N) is 1. The second-order valence-corrected chi connectivity index (χ2v) is 4.51. The Kier molecular flexibility index (Phi) is 3.94. The van der Waals surface area contributed by atoms with Gasteiger partial charge in [-0.15, -0.1) is 0 Å². The molecule has 0 saturated heterocycles. The summed E-state index contributed by atoms with van der Waals surface area (Å²) in [5.41, 5.74) is 0.701. The number of rotatable bonds is 5. The molecule has 0 bridgehead atoms. The molecule has 2 amide bonds. The summed E-state index contributed by atoms with van der Waals surface area (Å²) in [6.07, 6.45) is 3.36. The Morgan fingerprint density at radius 3 is 2.84 bits per heavy atom. The molecule has 1 aliphatic carbocycles. The number of carboxylic acid groups (broad SMARTS) is 1. The Balaban J connectivity index is 1.90. The van der Waals surface area contributed by atoms with Crippen LogP contribution in [0.4, 0.5) is 4.79 Å². The lowest BCUT2D eigenvalue weighted by Gasteiger charge is -2.20. The summed E-state index contributed by atoms with van der Waals surface area (Å²) in [6.45, 7) is 1.77. The maximum absolute atomic E-state index is 11.9. The highest BCUT2D eigenvalue weighted by Gasteiger charge is 2.33. The van der Waals surface area contributed by atoms with Gasteiger partial charge in [-0.25, -0.2) is 14.8 Å². The molecule has 1 aromatic heterocycles. The van der Waals surface area contributed by atoms with Crippen LogP contribution in [0.3, 0.4) is 0 Å². The first-order valence-corrected chi connectivity index (χ1v) is 6.11. The molecule has 0 aromatic carbocycles. The zero-order valence-corrected chi connectivity index (χ0v) is 10.7. The third kappa shape index (κ3) is 3.90. The van der Waals surface area contributed by atoms with Crippen molar-refractivity contribution in [2.45, 2.75) is 32.4 Å². The van der Waals surface area contributed by atoms with E-state index < -0.39 is 5.97 Å². The van der Waals surface area contributed by atoms with Crippen LogP contribution in [0.25, 0.3) is 0 Å². The Labute approximate surface area is 110 Å². The minimum Gasteiger partial charge on any atom is -0.480 e. The normalized spacial score (nSPS) is 13.9. The van der Waals surface area contributed by atoms with Crippen molar-refractivity contribution in [3.63, 3.8) is 0 Å². The van der Waals surface area contributed by atoms with E-state index in [1.54, 1.807) is 19.2 Å². The number of nitrogens with zero attached hydrogens (tertiary/aromatic N) is 3. The van der Waals surface area contributed by atoms with Gasteiger partial charge in [-0.1, -0.05) is 0 Å². The minimum atomic E-state index is -1.00. The molecule has 0 spiro atoms. The number of aromatic nitrogens is 2. The van der Waals surface area contributed by atoms with Gasteiger partial charge in [0.2, 0.25) is 0 Å². The van der Waals surface area contributed by atoms with Gasteiger partial charge in [0.15, 0.2) is 0 Å². The third-order valence-corrected chi connectivity index (χ3v) is 2.81. The molecule has 7 nitrogen and oxygen atoms in total. The predicted molar refractivity (Wildman–Crippen MR) is 66.4 cm³/mol. The minimum absolute atomic E-state index is 0.0586. The van der Waals surface area contributed by atoms with Gasteiger partial charge in [-0.05, 0) is 25.8 Å². The van der Waals surface area contributed by atoms with Crippen LogP contribution in [0, 0.1) is 6.92 Å². The highest BCUT2D eigenvalue weighted by molar-refractivity contribution is 5.80. The number of aliphatic carboxylic acids is 1. The van der Waals surface area contributed by atoms with Crippen LogP contribution in [0.15, 0.2) is 12.3 Å². The number of hydrogen-bond donors (Lipinski definition) is 2. The molecular formula is C12H16N4O3. The molecule has 19 heavy (non-hydrogen) atoms. The van der Waals surface area contributed by atoms with Crippen LogP contribution in [0.2, 0.25) is 0 Å². The van der Waals surface area contributed by atoms with E-state index in [0.29, 0.717) is 11.5 Å². The van der Waals surface area contributed by atoms with E-state index in [2.05, 4.69) is 15.3 Å². The average molecular weight is 264 g/mol. The number of urea groups is 1. The van der Waals surface area contributed by atoms with Crippen LogP contribution in [-0.4, -0.2) is 44.6 Å².